The van der Waals surface area contributed by atoms with Crippen LogP contribution in [0.5, 0.6) is 0 Å². The Bertz CT molecular complexity index is 379. The van der Waals surface area contributed by atoms with Gasteiger partial charge >= 0.3 is 0 Å². The van der Waals surface area contributed by atoms with E-state index in [1.807, 2.05) is 11.9 Å². The Morgan fingerprint density at radius 1 is 1.39 bits per heavy atom. The number of rotatable bonds is 4. The van der Waals surface area contributed by atoms with Crippen molar-refractivity contribution in [3.8, 4) is 0 Å². The van der Waals surface area contributed by atoms with Crippen molar-refractivity contribution < 1.29 is 4.79 Å². The van der Waals surface area contributed by atoms with Crippen molar-refractivity contribution >= 4 is 17.2 Å². The summed E-state index contributed by atoms with van der Waals surface area (Å²) in [4.78, 5) is 15.8. The number of likely N-dealkylation sites (N-methyl/N-ethyl adjacent to an activating group) is 1. The maximum absolute atomic E-state index is 12.5. The third-order valence-electron chi connectivity index (χ3n) is 4.09. The molecule has 0 unspecified atom stereocenters. The molecule has 1 fully saturated rings. The van der Waals surface area contributed by atoms with Gasteiger partial charge in [-0.25, -0.2) is 0 Å². The lowest BCUT2D eigenvalue weighted by Crippen LogP contribution is -2.42. The fraction of sp³-hybridized carbons (Fsp3) is 0.667. The normalized spacial score (nSPS) is 18.6. The van der Waals surface area contributed by atoms with Gasteiger partial charge in [-0.05, 0) is 30.7 Å². The van der Waals surface area contributed by atoms with Crippen LogP contribution in [0.3, 0.4) is 0 Å². The number of amides is 1. The Hall–Kier alpha value is -0.830. The Morgan fingerprint density at radius 3 is 2.72 bits per heavy atom. The number of hydrogen-bond acceptors (Lipinski definition) is 2. The van der Waals surface area contributed by atoms with Gasteiger partial charge in [0.2, 0.25) is 5.91 Å². The largest absolute Gasteiger partial charge is 0.345 e. The highest BCUT2D eigenvalue weighted by Crippen LogP contribution is 2.37. The van der Waals surface area contributed by atoms with E-state index >= 15 is 0 Å². The third-order valence-corrected chi connectivity index (χ3v) is 5.03. The molecule has 0 N–H and O–H groups in total. The van der Waals surface area contributed by atoms with Gasteiger partial charge in [-0.15, -0.1) is 11.3 Å². The fourth-order valence-electron chi connectivity index (χ4n) is 2.84. The van der Waals surface area contributed by atoms with Crippen molar-refractivity contribution in [1.29, 1.82) is 0 Å². The molecule has 0 radical (unpaired) electrons. The minimum absolute atomic E-state index is 0.0948. The number of nitrogens with zero attached hydrogens (tertiary/aromatic N) is 1. The standard InChI is InChI=1S/C15H23NOS/c1-15(9-4-3-5-10-15)14(17)16(2)11-8-13-7-6-12-18-13/h6-7,12H,3-5,8-11H2,1-2H3. The second-order valence-electron chi connectivity index (χ2n) is 5.68. The van der Waals surface area contributed by atoms with Crippen molar-refractivity contribution in [2.24, 2.45) is 5.41 Å². The summed E-state index contributed by atoms with van der Waals surface area (Å²) in [5, 5.41) is 2.10. The molecule has 1 saturated carbocycles. The van der Waals surface area contributed by atoms with Crippen molar-refractivity contribution in [2.75, 3.05) is 13.6 Å². The van der Waals surface area contributed by atoms with Gasteiger partial charge in [0, 0.05) is 23.9 Å². The summed E-state index contributed by atoms with van der Waals surface area (Å²) < 4.78 is 0. The molecule has 0 atom stereocenters. The predicted octanol–water partition coefficient (Wildman–Crippen LogP) is 3.72. The molecule has 2 nitrogen and oxygen atoms in total. The van der Waals surface area contributed by atoms with E-state index in [4.69, 9.17) is 0 Å². The third kappa shape index (κ3) is 3.14. The molecule has 0 aliphatic heterocycles. The van der Waals surface area contributed by atoms with Gasteiger partial charge in [-0.2, -0.15) is 0 Å². The molecule has 3 heteroatoms. The minimum atomic E-state index is -0.0948. The van der Waals surface area contributed by atoms with Crippen molar-refractivity contribution in [3.63, 3.8) is 0 Å². The average Bonchev–Trinajstić information content (AvgIpc) is 2.89. The highest BCUT2D eigenvalue weighted by atomic mass is 32.1. The van der Waals surface area contributed by atoms with Crippen molar-refractivity contribution in [1.82, 2.24) is 4.90 Å². The predicted molar refractivity (Wildman–Crippen MR) is 76.9 cm³/mol. The van der Waals surface area contributed by atoms with E-state index in [0.29, 0.717) is 5.91 Å². The van der Waals surface area contributed by atoms with Gasteiger partial charge in [0.05, 0.1) is 0 Å². The van der Waals surface area contributed by atoms with E-state index in [1.54, 1.807) is 11.3 Å². The van der Waals surface area contributed by atoms with E-state index in [0.717, 1.165) is 25.8 Å². The Labute approximate surface area is 114 Å². The minimum Gasteiger partial charge on any atom is -0.345 e. The Kier molecular flexibility index (Phi) is 4.44. The van der Waals surface area contributed by atoms with E-state index in [-0.39, 0.29) is 5.41 Å². The van der Waals surface area contributed by atoms with Crippen LogP contribution in [-0.4, -0.2) is 24.4 Å². The fourth-order valence-corrected chi connectivity index (χ4v) is 3.54. The van der Waals surface area contributed by atoms with Gasteiger partial charge in [0.25, 0.3) is 0 Å². The lowest BCUT2D eigenvalue weighted by atomic mass is 9.74. The van der Waals surface area contributed by atoms with Crippen molar-refractivity contribution in [2.45, 2.75) is 45.4 Å². The van der Waals surface area contributed by atoms with E-state index in [9.17, 15) is 4.79 Å². The lowest BCUT2D eigenvalue weighted by Gasteiger charge is -2.35. The molecule has 18 heavy (non-hydrogen) atoms. The molecule has 0 aromatic carbocycles. The molecular weight excluding hydrogens is 242 g/mol. The summed E-state index contributed by atoms with van der Waals surface area (Å²) in [7, 11) is 1.95. The van der Waals surface area contributed by atoms with Crippen LogP contribution in [0.2, 0.25) is 0 Å². The first-order valence-corrected chi connectivity index (χ1v) is 7.78. The second kappa shape index (κ2) is 5.87. The zero-order valence-electron chi connectivity index (χ0n) is 11.4. The lowest BCUT2D eigenvalue weighted by molar-refractivity contribution is -0.141. The topological polar surface area (TPSA) is 20.3 Å². The van der Waals surface area contributed by atoms with Crippen molar-refractivity contribution in [3.05, 3.63) is 22.4 Å². The van der Waals surface area contributed by atoms with Crippen LogP contribution in [-0.2, 0) is 11.2 Å². The molecule has 0 saturated heterocycles. The SMILES string of the molecule is CN(CCc1cccs1)C(=O)C1(C)CCCCC1. The Balaban J connectivity index is 1.87. The highest BCUT2D eigenvalue weighted by Gasteiger charge is 2.36. The molecule has 1 heterocycles. The number of thiophene rings is 1. The molecule has 1 aromatic heterocycles. The number of hydrogen-bond donors (Lipinski definition) is 0. The van der Waals surface area contributed by atoms with Gasteiger partial charge in [-0.3, -0.25) is 4.79 Å². The first-order chi connectivity index (χ1) is 8.62. The summed E-state index contributed by atoms with van der Waals surface area (Å²) in [6, 6.07) is 4.22. The molecule has 2 rings (SSSR count). The molecule has 0 bridgehead atoms. The second-order valence-corrected chi connectivity index (χ2v) is 6.71. The van der Waals surface area contributed by atoms with Crippen LogP contribution in [0.15, 0.2) is 17.5 Å². The summed E-state index contributed by atoms with van der Waals surface area (Å²) in [6.07, 6.45) is 6.82. The van der Waals surface area contributed by atoms with E-state index in [1.165, 1.54) is 24.1 Å². The van der Waals surface area contributed by atoms with Gasteiger partial charge in [-0.1, -0.05) is 32.3 Å². The van der Waals surface area contributed by atoms with Crippen LogP contribution < -0.4 is 0 Å². The summed E-state index contributed by atoms with van der Waals surface area (Å²) in [5.74, 6) is 0.346. The summed E-state index contributed by atoms with van der Waals surface area (Å²) >= 11 is 1.77. The van der Waals surface area contributed by atoms with Gasteiger partial charge in [0.15, 0.2) is 0 Å². The summed E-state index contributed by atoms with van der Waals surface area (Å²) in [6.45, 7) is 2.99. The molecule has 100 valence electrons. The number of carbonyl (C=O) groups excluding carboxylic acids is 1. The van der Waals surface area contributed by atoms with Crippen LogP contribution >= 0.6 is 11.3 Å². The van der Waals surface area contributed by atoms with E-state index < -0.39 is 0 Å². The van der Waals surface area contributed by atoms with Crippen LogP contribution in [0.25, 0.3) is 0 Å². The molecule has 1 aliphatic carbocycles. The van der Waals surface area contributed by atoms with Gasteiger partial charge in [0.1, 0.15) is 0 Å². The first-order valence-electron chi connectivity index (χ1n) is 6.90. The molecule has 0 spiro atoms. The molecule has 1 aliphatic rings. The zero-order valence-corrected chi connectivity index (χ0v) is 12.3. The first kappa shape index (κ1) is 13.6. The number of carbonyl (C=O) groups is 1. The molecular formula is C15H23NOS. The Morgan fingerprint density at radius 2 is 2.11 bits per heavy atom. The van der Waals surface area contributed by atoms with E-state index in [2.05, 4.69) is 24.4 Å². The quantitative estimate of drug-likeness (QED) is 0.812. The average molecular weight is 265 g/mol. The molecule has 1 aromatic rings. The van der Waals surface area contributed by atoms with Crippen LogP contribution in [0.1, 0.15) is 43.9 Å². The smallest absolute Gasteiger partial charge is 0.228 e. The maximum Gasteiger partial charge on any atom is 0.228 e. The van der Waals surface area contributed by atoms with Gasteiger partial charge < -0.3 is 4.90 Å². The maximum atomic E-state index is 12.5. The van der Waals surface area contributed by atoms with Crippen LogP contribution in [0.4, 0.5) is 0 Å². The monoisotopic (exact) mass is 265 g/mol. The van der Waals surface area contributed by atoms with Crippen LogP contribution in [0, 0.1) is 5.41 Å². The zero-order chi connectivity index (χ0) is 13.0. The highest BCUT2D eigenvalue weighted by molar-refractivity contribution is 7.09. The summed E-state index contributed by atoms with van der Waals surface area (Å²) in [5.41, 5.74) is -0.0948. The molecule has 1 amide bonds.